The van der Waals surface area contributed by atoms with Crippen molar-refractivity contribution in [3.05, 3.63) is 0 Å². The molecule has 0 aromatic rings. The maximum atomic E-state index is 2.23. The number of hydrogen-bond acceptors (Lipinski definition) is 0. The van der Waals surface area contributed by atoms with Crippen LogP contribution >= 0.6 is 15.8 Å². The molecule has 0 aromatic carbocycles. The molecule has 0 saturated heterocycles. The van der Waals surface area contributed by atoms with Crippen molar-refractivity contribution in [2.75, 3.05) is 40.0 Å². The second kappa shape index (κ2) is 12.1. The van der Waals surface area contributed by atoms with Gasteiger partial charge in [-0.15, -0.1) is 15.8 Å². The molecule has 0 rings (SSSR count). The van der Waals surface area contributed by atoms with Crippen LogP contribution in [0.5, 0.6) is 0 Å². The average Bonchev–Trinajstić information content (AvgIpc) is 1.25. The third kappa shape index (κ3) is 272. The van der Waals surface area contributed by atoms with E-state index in [0.29, 0.717) is 15.8 Å². The molecule has 0 spiro atoms. The molecule has 61 valence electrons. The van der Waals surface area contributed by atoms with Crippen LogP contribution in [0.1, 0.15) is 0 Å². The Hall–Kier alpha value is 1.37. The summed E-state index contributed by atoms with van der Waals surface area (Å²) in [5.74, 6) is 0. The molecule has 0 aliphatic rings. The van der Waals surface area contributed by atoms with Crippen LogP contribution in [0, 0.1) is 0 Å². The van der Waals surface area contributed by atoms with Gasteiger partial charge in [0.05, 0.1) is 0 Å². The first kappa shape index (κ1) is 16.8. The van der Waals surface area contributed by atoms with Crippen molar-refractivity contribution in [2.45, 2.75) is 0 Å². The summed E-state index contributed by atoms with van der Waals surface area (Å²) in [5, 5.41) is 0. The van der Waals surface area contributed by atoms with Crippen LogP contribution in [0.25, 0.3) is 0 Å². The van der Waals surface area contributed by atoms with E-state index in [-0.39, 0.29) is 16.8 Å². The third-order valence-corrected chi connectivity index (χ3v) is 0. The van der Waals surface area contributed by atoms with Crippen molar-refractivity contribution < 1.29 is 16.8 Å². The van der Waals surface area contributed by atoms with Crippen molar-refractivity contribution in [3.63, 3.8) is 0 Å². The van der Waals surface area contributed by atoms with E-state index in [0.717, 1.165) is 0 Å². The minimum absolute atomic E-state index is 0. The first-order valence-electron chi connectivity index (χ1n) is 2.68. The van der Waals surface area contributed by atoms with Crippen LogP contribution in [0.15, 0.2) is 0 Å². The van der Waals surface area contributed by atoms with E-state index in [9.17, 15) is 0 Å². The van der Waals surface area contributed by atoms with Gasteiger partial charge in [-0.3, -0.25) is 0 Å². The second-order valence-corrected chi connectivity index (χ2v) is 8.05. The molecule has 0 fully saturated rings. The van der Waals surface area contributed by atoms with Crippen molar-refractivity contribution >= 4 is 15.8 Å². The van der Waals surface area contributed by atoms with Gasteiger partial charge >= 0.3 is 0 Å². The molecular weight excluding hydrogens is 193 g/mol. The van der Waals surface area contributed by atoms with E-state index < -0.39 is 0 Å². The van der Waals surface area contributed by atoms with Crippen molar-refractivity contribution in [2.24, 2.45) is 0 Å². The first-order chi connectivity index (χ1) is 3.46. The standard InChI is InChI=1S/2C3H9P.Co/c2*1-4(2)3;/h2*1-3H3;. The van der Waals surface area contributed by atoms with Crippen molar-refractivity contribution in [3.8, 4) is 0 Å². The third-order valence-electron chi connectivity index (χ3n) is 0. The summed E-state index contributed by atoms with van der Waals surface area (Å²) in [7, 11) is 0.759. The van der Waals surface area contributed by atoms with Crippen molar-refractivity contribution in [1.82, 2.24) is 0 Å². The van der Waals surface area contributed by atoms with E-state index in [1.165, 1.54) is 0 Å². The Bertz CT molecular complexity index is 26.5. The predicted octanol–water partition coefficient (Wildman–Crippen LogP) is 2.71. The van der Waals surface area contributed by atoms with E-state index in [1.807, 2.05) is 0 Å². The Morgan fingerprint density at radius 1 is 0.556 bits per heavy atom. The Labute approximate surface area is 72.9 Å². The molecule has 0 bridgehead atoms. The quantitative estimate of drug-likeness (QED) is 0.540. The van der Waals surface area contributed by atoms with Crippen LogP contribution in [-0.4, -0.2) is 40.0 Å². The normalized spacial score (nSPS) is 8.00. The van der Waals surface area contributed by atoms with E-state index >= 15 is 0 Å². The largest absolute Gasteiger partial charge is 0.116 e. The molecule has 0 aliphatic heterocycles. The minimum Gasteiger partial charge on any atom is -0.116 e. The summed E-state index contributed by atoms with van der Waals surface area (Å²) in [6, 6.07) is 0. The fourth-order valence-electron chi connectivity index (χ4n) is 0. The van der Waals surface area contributed by atoms with Gasteiger partial charge in [0.2, 0.25) is 0 Å². The molecule has 0 unspecified atom stereocenters. The molecule has 0 nitrogen and oxygen atoms in total. The average molecular weight is 211 g/mol. The Morgan fingerprint density at radius 2 is 0.556 bits per heavy atom. The zero-order valence-electron chi connectivity index (χ0n) is 7.23. The van der Waals surface area contributed by atoms with Gasteiger partial charge in [0.15, 0.2) is 0 Å². The van der Waals surface area contributed by atoms with Gasteiger partial charge in [0, 0.05) is 16.8 Å². The number of rotatable bonds is 0. The molecule has 0 atom stereocenters. The molecule has 0 aromatic heterocycles. The van der Waals surface area contributed by atoms with Crippen LogP contribution in [-0.2, 0) is 16.8 Å². The van der Waals surface area contributed by atoms with Gasteiger partial charge in [-0.05, 0) is 40.0 Å². The minimum atomic E-state index is 0. The maximum absolute atomic E-state index is 2.23. The van der Waals surface area contributed by atoms with Crippen LogP contribution in [0.4, 0.5) is 0 Å². The smallest absolute Gasteiger partial charge is 0 e. The summed E-state index contributed by atoms with van der Waals surface area (Å²) in [6.45, 7) is 13.4. The van der Waals surface area contributed by atoms with E-state index in [1.54, 1.807) is 0 Å². The molecule has 0 saturated carbocycles. The molecule has 0 N–H and O–H groups in total. The van der Waals surface area contributed by atoms with Crippen molar-refractivity contribution in [1.29, 1.82) is 0 Å². The summed E-state index contributed by atoms with van der Waals surface area (Å²) in [4.78, 5) is 0. The van der Waals surface area contributed by atoms with Gasteiger partial charge < -0.3 is 0 Å². The molecule has 3 heteroatoms. The molecule has 0 amide bonds. The fraction of sp³-hybridized carbons (Fsp3) is 1.00. The molecular formula is C6H18CoP2. The topological polar surface area (TPSA) is 0 Å². The van der Waals surface area contributed by atoms with E-state index in [2.05, 4.69) is 40.0 Å². The van der Waals surface area contributed by atoms with Crippen LogP contribution < -0.4 is 0 Å². The Morgan fingerprint density at radius 3 is 0.556 bits per heavy atom. The monoisotopic (exact) mass is 211 g/mol. The SMILES string of the molecule is CP(C)C.CP(C)C.[Co]. The first-order valence-corrected chi connectivity index (χ1v) is 8.05. The summed E-state index contributed by atoms with van der Waals surface area (Å²) in [6.07, 6.45) is 0. The number of hydrogen-bond donors (Lipinski definition) is 0. The summed E-state index contributed by atoms with van der Waals surface area (Å²) in [5.41, 5.74) is 0. The summed E-state index contributed by atoms with van der Waals surface area (Å²) < 4.78 is 0. The second-order valence-electron chi connectivity index (χ2n) is 2.68. The zero-order valence-corrected chi connectivity index (χ0v) is 10.1. The van der Waals surface area contributed by atoms with Gasteiger partial charge in [-0.2, -0.15) is 0 Å². The Balaban J connectivity index is -0.0000000720. The Kier molecular flexibility index (Phi) is 22.5. The van der Waals surface area contributed by atoms with Gasteiger partial charge in [-0.1, -0.05) is 0 Å². The summed E-state index contributed by atoms with van der Waals surface area (Å²) >= 11 is 0. The van der Waals surface area contributed by atoms with Gasteiger partial charge in [-0.25, -0.2) is 0 Å². The fourth-order valence-corrected chi connectivity index (χ4v) is 0. The molecule has 0 aliphatic carbocycles. The van der Waals surface area contributed by atoms with E-state index in [4.69, 9.17) is 0 Å². The van der Waals surface area contributed by atoms with Gasteiger partial charge in [0.1, 0.15) is 0 Å². The molecule has 9 heavy (non-hydrogen) atoms. The maximum Gasteiger partial charge on any atom is 0 e. The predicted molar refractivity (Wildman–Crippen MR) is 49.4 cm³/mol. The molecule has 1 radical (unpaired) electrons. The van der Waals surface area contributed by atoms with Crippen LogP contribution in [0.3, 0.4) is 0 Å². The van der Waals surface area contributed by atoms with Crippen LogP contribution in [0.2, 0.25) is 0 Å². The molecule has 0 heterocycles. The van der Waals surface area contributed by atoms with Gasteiger partial charge in [0.25, 0.3) is 0 Å². The zero-order chi connectivity index (χ0) is 7.15.